The number of rotatable bonds is 4. The van der Waals surface area contributed by atoms with E-state index in [1.165, 1.54) is 0 Å². The van der Waals surface area contributed by atoms with Gasteiger partial charge in [0.25, 0.3) is 11.8 Å². The summed E-state index contributed by atoms with van der Waals surface area (Å²) < 4.78 is 1.59. The van der Waals surface area contributed by atoms with E-state index in [1.807, 2.05) is 30.3 Å². The average Bonchev–Trinajstić information content (AvgIpc) is 3.25. The summed E-state index contributed by atoms with van der Waals surface area (Å²) in [5, 5.41) is 11.7. The van der Waals surface area contributed by atoms with Gasteiger partial charge in [0.1, 0.15) is 0 Å². The highest BCUT2D eigenvalue weighted by atomic mass is 35.5. The predicted molar refractivity (Wildman–Crippen MR) is 109 cm³/mol. The van der Waals surface area contributed by atoms with Crippen LogP contribution in [0.5, 0.6) is 0 Å². The standard InChI is InChI=1S/C21H20ClN5O2/c22-16-8-6-15(7-9-16)20(28)23-17-10-12-26(13-11-17)21(29)19-14-27(25-24-19)18-4-2-1-3-5-18/h1-9,14,17H,10-13H2,(H,23,28). The lowest BCUT2D eigenvalue weighted by Gasteiger charge is -2.31. The number of benzene rings is 2. The highest BCUT2D eigenvalue weighted by Crippen LogP contribution is 2.15. The van der Waals surface area contributed by atoms with E-state index in [1.54, 1.807) is 40.0 Å². The van der Waals surface area contributed by atoms with Crippen molar-refractivity contribution < 1.29 is 9.59 Å². The zero-order chi connectivity index (χ0) is 20.2. The van der Waals surface area contributed by atoms with E-state index in [9.17, 15) is 9.59 Å². The molecule has 0 aliphatic carbocycles. The van der Waals surface area contributed by atoms with Crippen molar-refractivity contribution in [3.8, 4) is 5.69 Å². The van der Waals surface area contributed by atoms with Gasteiger partial charge in [0.2, 0.25) is 0 Å². The Morgan fingerprint density at radius 1 is 1.00 bits per heavy atom. The molecule has 1 N–H and O–H groups in total. The van der Waals surface area contributed by atoms with Crippen LogP contribution in [0.25, 0.3) is 5.69 Å². The topological polar surface area (TPSA) is 80.1 Å². The zero-order valence-corrected chi connectivity index (χ0v) is 16.4. The Balaban J connectivity index is 1.32. The van der Waals surface area contributed by atoms with Gasteiger partial charge in [0, 0.05) is 29.7 Å². The molecule has 7 nitrogen and oxygen atoms in total. The third-order valence-electron chi connectivity index (χ3n) is 4.96. The fourth-order valence-electron chi connectivity index (χ4n) is 3.33. The Labute approximate surface area is 173 Å². The third kappa shape index (κ3) is 4.46. The molecule has 8 heteroatoms. The molecular formula is C21H20ClN5O2. The van der Waals surface area contributed by atoms with Crippen molar-refractivity contribution in [2.75, 3.05) is 13.1 Å². The number of nitrogens with one attached hydrogen (secondary N) is 1. The zero-order valence-electron chi connectivity index (χ0n) is 15.7. The van der Waals surface area contributed by atoms with Gasteiger partial charge in [-0.2, -0.15) is 0 Å². The second-order valence-corrected chi connectivity index (χ2v) is 7.37. The van der Waals surface area contributed by atoms with Crippen LogP contribution in [0.3, 0.4) is 0 Å². The number of halogens is 1. The maximum Gasteiger partial charge on any atom is 0.276 e. The first-order valence-electron chi connectivity index (χ1n) is 9.43. The molecule has 2 aromatic carbocycles. The Morgan fingerprint density at radius 3 is 2.38 bits per heavy atom. The molecule has 4 rings (SSSR count). The van der Waals surface area contributed by atoms with Crippen molar-refractivity contribution >= 4 is 23.4 Å². The largest absolute Gasteiger partial charge is 0.349 e. The predicted octanol–water partition coefficient (Wildman–Crippen LogP) is 2.96. The summed E-state index contributed by atoms with van der Waals surface area (Å²) in [4.78, 5) is 26.8. The van der Waals surface area contributed by atoms with Crippen molar-refractivity contribution in [2.24, 2.45) is 0 Å². The van der Waals surface area contributed by atoms with Crippen LogP contribution in [0.15, 0.2) is 60.8 Å². The first-order valence-corrected chi connectivity index (χ1v) is 9.81. The molecule has 2 amide bonds. The number of nitrogens with zero attached hydrogens (tertiary/aromatic N) is 4. The summed E-state index contributed by atoms with van der Waals surface area (Å²) in [6.07, 6.45) is 3.03. The quantitative estimate of drug-likeness (QED) is 0.718. The Hall–Kier alpha value is -3.19. The average molecular weight is 410 g/mol. The molecule has 1 fully saturated rings. The van der Waals surface area contributed by atoms with Crippen LogP contribution in [0.2, 0.25) is 5.02 Å². The third-order valence-corrected chi connectivity index (χ3v) is 5.21. The molecule has 0 atom stereocenters. The van der Waals surface area contributed by atoms with Crippen LogP contribution < -0.4 is 5.32 Å². The van der Waals surface area contributed by atoms with Gasteiger partial charge in [-0.05, 0) is 49.2 Å². The minimum absolute atomic E-state index is 0.0298. The molecule has 1 aromatic heterocycles. The van der Waals surface area contributed by atoms with Crippen molar-refractivity contribution in [1.29, 1.82) is 0 Å². The molecule has 29 heavy (non-hydrogen) atoms. The summed E-state index contributed by atoms with van der Waals surface area (Å²) in [7, 11) is 0. The number of carbonyl (C=O) groups excluding carboxylic acids is 2. The summed E-state index contributed by atoms with van der Waals surface area (Å²) in [6, 6.07) is 16.3. The second-order valence-electron chi connectivity index (χ2n) is 6.93. The van der Waals surface area contributed by atoms with E-state index in [0.717, 1.165) is 5.69 Å². The van der Waals surface area contributed by atoms with Gasteiger partial charge in [-0.1, -0.05) is 35.0 Å². The van der Waals surface area contributed by atoms with E-state index in [0.29, 0.717) is 42.2 Å². The molecule has 3 aromatic rings. The maximum absolute atomic E-state index is 12.7. The van der Waals surface area contributed by atoms with E-state index in [-0.39, 0.29) is 17.9 Å². The summed E-state index contributed by atoms with van der Waals surface area (Å²) >= 11 is 5.86. The number of likely N-dealkylation sites (tertiary alicyclic amines) is 1. The minimum Gasteiger partial charge on any atom is -0.349 e. The van der Waals surface area contributed by atoms with Gasteiger partial charge in [-0.15, -0.1) is 5.10 Å². The number of para-hydroxylation sites is 1. The highest BCUT2D eigenvalue weighted by Gasteiger charge is 2.26. The van der Waals surface area contributed by atoms with E-state index in [2.05, 4.69) is 15.6 Å². The maximum atomic E-state index is 12.7. The first kappa shape index (κ1) is 19.1. The number of aromatic nitrogens is 3. The lowest BCUT2D eigenvalue weighted by atomic mass is 10.0. The van der Waals surface area contributed by atoms with Gasteiger partial charge < -0.3 is 10.2 Å². The van der Waals surface area contributed by atoms with E-state index >= 15 is 0 Å². The van der Waals surface area contributed by atoms with Crippen LogP contribution in [-0.2, 0) is 0 Å². The molecule has 148 valence electrons. The molecule has 1 aliphatic heterocycles. The molecule has 0 radical (unpaired) electrons. The molecule has 0 saturated carbocycles. The van der Waals surface area contributed by atoms with Gasteiger partial charge in [0.15, 0.2) is 5.69 Å². The summed E-state index contributed by atoms with van der Waals surface area (Å²) in [5.74, 6) is -0.271. The monoisotopic (exact) mass is 409 g/mol. The fourth-order valence-corrected chi connectivity index (χ4v) is 3.45. The molecule has 0 unspecified atom stereocenters. The molecular weight excluding hydrogens is 390 g/mol. The lowest BCUT2D eigenvalue weighted by molar-refractivity contribution is 0.0692. The van der Waals surface area contributed by atoms with E-state index < -0.39 is 0 Å². The molecule has 1 aliphatic rings. The van der Waals surface area contributed by atoms with Gasteiger partial charge in [-0.3, -0.25) is 9.59 Å². The number of hydrogen-bond acceptors (Lipinski definition) is 4. The normalized spacial score (nSPS) is 14.6. The smallest absolute Gasteiger partial charge is 0.276 e. The molecule has 0 bridgehead atoms. The van der Waals surface area contributed by atoms with Crippen LogP contribution in [0, 0.1) is 0 Å². The summed E-state index contributed by atoms with van der Waals surface area (Å²) in [5.41, 5.74) is 1.74. The highest BCUT2D eigenvalue weighted by molar-refractivity contribution is 6.30. The second kappa shape index (κ2) is 8.45. The van der Waals surface area contributed by atoms with Gasteiger partial charge in [-0.25, -0.2) is 4.68 Å². The van der Waals surface area contributed by atoms with Crippen molar-refractivity contribution in [1.82, 2.24) is 25.2 Å². The van der Waals surface area contributed by atoms with Crippen molar-refractivity contribution in [3.63, 3.8) is 0 Å². The SMILES string of the molecule is O=C(NC1CCN(C(=O)c2cn(-c3ccccc3)nn2)CC1)c1ccc(Cl)cc1. The number of amides is 2. The van der Waals surface area contributed by atoms with Crippen molar-refractivity contribution in [3.05, 3.63) is 77.1 Å². The van der Waals surface area contributed by atoms with E-state index in [4.69, 9.17) is 11.6 Å². The molecule has 1 saturated heterocycles. The molecule has 2 heterocycles. The van der Waals surface area contributed by atoms with Crippen molar-refractivity contribution in [2.45, 2.75) is 18.9 Å². The van der Waals surface area contributed by atoms with Crippen LogP contribution in [0.1, 0.15) is 33.7 Å². The number of hydrogen-bond donors (Lipinski definition) is 1. The number of carbonyl (C=O) groups is 2. The van der Waals surface area contributed by atoms with Gasteiger partial charge in [0.05, 0.1) is 11.9 Å². The minimum atomic E-state index is -0.144. The number of piperidine rings is 1. The lowest BCUT2D eigenvalue weighted by Crippen LogP contribution is -2.46. The Bertz CT molecular complexity index is 995. The Morgan fingerprint density at radius 2 is 1.69 bits per heavy atom. The fraction of sp³-hybridized carbons (Fsp3) is 0.238. The molecule has 0 spiro atoms. The Kier molecular flexibility index (Phi) is 5.57. The van der Waals surface area contributed by atoms with Gasteiger partial charge >= 0.3 is 0 Å². The van der Waals surface area contributed by atoms with Crippen LogP contribution in [-0.4, -0.2) is 50.8 Å². The summed E-state index contributed by atoms with van der Waals surface area (Å²) in [6.45, 7) is 1.12. The van der Waals surface area contributed by atoms with Crippen LogP contribution >= 0.6 is 11.6 Å². The first-order chi connectivity index (χ1) is 14.1. The van der Waals surface area contributed by atoms with Crippen LogP contribution in [0.4, 0.5) is 0 Å².